The maximum absolute atomic E-state index is 13.2. The summed E-state index contributed by atoms with van der Waals surface area (Å²) < 4.78 is 5.47. The van der Waals surface area contributed by atoms with Crippen LogP contribution in [0, 0.1) is 0 Å². The summed E-state index contributed by atoms with van der Waals surface area (Å²) in [5, 5.41) is 11.6. The Kier molecular flexibility index (Phi) is 8.39. The molecule has 1 N–H and O–H groups in total. The maximum Gasteiger partial charge on any atom is 0.295 e. The van der Waals surface area contributed by atoms with E-state index in [9.17, 15) is 14.7 Å². The third kappa shape index (κ3) is 5.45. The Balaban J connectivity index is 2.09. The molecule has 0 spiro atoms. The number of amides is 1. The minimum absolute atomic E-state index is 0.0763. The number of nitrogens with zero attached hydrogens (tertiary/aromatic N) is 2. The lowest BCUT2D eigenvalue weighted by molar-refractivity contribution is -0.139. The molecule has 1 heterocycles. The van der Waals surface area contributed by atoms with Crippen LogP contribution in [0.4, 0.5) is 0 Å². The molecule has 0 saturated carbocycles. The summed E-state index contributed by atoms with van der Waals surface area (Å²) in [6, 6.07) is 12.1. The largest absolute Gasteiger partial charge is 0.507 e. The number of aliphatic hydroxyl groups is 1. The Bertz CT molecular complexity index is 1080. The van der Waals surface area contributed by atoms with Gasteiger partial charge in [0.25, 0.3) is 11.7 Å². The monoisotopic (exact) mass is 484 g/mol. The molecule has 1 fully saturated rings. The van der Waals surface area contributed by atoms with Gasteiger partial charge in [-0.05, 0) is 69.2 Å². The molecule has 1 saturated heterocycles. The standard InChI is InChI=1S/C27H33ClN2O4/c1-6-34-22-13-12-20(16-21(22)28)25(31)23-24(19-10-8-18(9-11-19)17(2)3)30(27(33)26(23)32)15-7-14-29(4)5/h8-13,16-17,24,31H,6-7,14-15H2,1-5H3/b25-23+. The van der Waals surface area contributed by atoms with E-state index >= 15 is 0 Å². The predicted molar refractivity (Wildman–Crippen MR) is 135 cm³/mol. The molecule has 0 bridgehead atoms. The summed E-state index contributed by atoms with van der Waals surface area (Å²) in [5.41, 5.74) is 2.38. The molecule has 182 valence electrons. The quantitative estimate of drug-likeness (QED) is 0.299. The van der Waals surface area contributed by atoms with Crippen LogP contribution in [0.2, 0.25) is 5.02 Å². The van der Waals surface area contributed by atoms with E-state index in [0.717, 1.165) is 17.7 Å². The predicted octanol–water partition coefficient (Wildman–Crippen LogP) is 5.24. The number of benzene rings is 2. The lowest BCUT2D eigenvalue weighted by Crippen LogP contribution is -2.32. The first-order chi connectivity index (χ1) is 16.1. The van der Waals surface area contributed by atoms with Crippen molar-refractivity contribution in [3.8, 4) is 5.75 Å². The first kappa shape index (κ1) is 25.8. The van der Waals surface area contributed by atoms with E-state index in [1.807, 2.05) is 50.2 Å². The van der Waals surface area contributed by atoms with Crippen molar-refractivity contribution >= 4 is 29.1 Å². The van der Waals surface area contributed by atoms with Gasteiger partial charge in [-0.3, -0.25) is 9.59 Å². The Morgan fingerprint density at radius 2 is 1.82 bits per heavy atom. The van der Waals surface area contributed by atoms with Crippen LogP contribution in [0.15, 0.2) is 48.0 Å². The maximum atomic E-state index is 13.2. The number of likely N-dealkylation sites (tertiary alicyclic amines) is 1. The molecule has 0 aliphatic carbocycles. The number of carbonyl (C=O) groups excluding carboxylic acids is 2. The molecule has 2 aromatic carbocycles. The van der Waals surface area contributed by atoms with Crippen LogP contribution < -0.4 is 4.74 Å². The minimum Gasteiger partial charge on any atom is -0.507 e. The van der Waals surface area contributed by atoms with Crippen molar-refractivity contribution in [3.63, 3.8) is 0 Å². The highest BCUT2D eigenvalue weighted by Gasteiger charge is 2.45. The third-order valence-electron chi connectivity index (χ3n) is 5.97. The summed E-state index contributed by atoms with van der Waals surface area (Å²) in [6.45, 7) is 7.70. The molecule has 1 amide bonds. The smallest absolute Gasteiger partial charge is 0.295 e. The van der Waals surface area contributed by atoms with E-state index in [4.69, 9.17) is 16.3 Å². The van der Waals surface area contributed by atoms with Gasteiger partial charge in [0, 0.05) is 12.1 Å². The van der Waals surface area contributed by atoms with Crippen LogP contribution in [-0.4, -0.2) is 60.4 Å². The highest BCUT2D eigenvalue weighted by molar-refractivity contribution is 6.46. The Morgan fingerprint density at radius 1 is 1.15 bits per heavy atom. The Morgan fingerprint density at radius 3 is 2.38 bits per heavy atom. The zero-order valence-corrected chi connectivity index (χ0v) is 21.2. The van der Waals surface area contributed by atoms with Crippen LogP contribution in [0.25, 0.3) is 5.76 Å². The number of Topliss-reactive ketones (excluding diaryl/α,β-unsaturated/α-hetero) is 1. The number of halogens is 1. The Labute approximate surface area is 206 Å². The highest BCUT2D eigenvalue weighted by atomic mass is 35.5. The van der Waals surface area contributed by atoms with Crippen LogP contribution in [-0.2, 0) is 9.59 Å². The van der Waals surface area contributed by atoms with Gasteiger partial charge in [-0.1, -0.05) is 49.7 Å². The average molecular weight is 485 g/mol. The van der Waals surface area contributed by atoms with Gasteiger partial charge in [0.2, 0.25) is 0 Å². The van der Waals surface area contributed by atoms with Crippen LogP contribution in [0.3, 0.4) is 0 Å². The normalized spacial score (nSPS) is 17.8. The summed E-state index contributed by atoms with van der Waals surface area (Å²) in [4.78, 5) is 29.8. The molecule has 1 aliphatic rings. The van der Waals surface area contributed by atoms with Crippen molar-refractivity contribution in [1.82, 2.24) is 9.80 Å². The van der Waals surface area contributed by atoms with Gasteiger partial charge in [0.1, 0.15) is 11.5 Å². The average Bonchev–Trinajstić information content (AvgIpc) is 3.05. The number of hydrogen-bond acceptors (Lipinski definition) is 5. The second kappa shape index (κ2) is 11.1. The Hall–Kier alpha value is -2.83. The summed E-state index contributed by atoms with van der Waals surface area (Å²) in [6.07, 6.45) is 0.704. The molecule has 6 nitrogen and oxygen atoms in total. The van der Waals surface area contributed by atoms with Gasteiger partial charge < -0.3 is 19.6 Å². The fraction of sp³-hybridized carbons (Fsp3) is 0.407. The fourth-order valence-electron chi connectivity index (χ4n) is 4.15. The van der Waals surface area contributed by atoms with Gasteiger partial charge in [0.05, 0.1) is 23.2 Å². The summed E-state index contributed by atoms with van der Waals surface area (Å²) in [7, 11) is 3.93. The van der Waals surface area contributed by atoms with Gasteiger partial charge in [-0.25, -0.2) is 0 Å². The zero-order chi connectivity index (χ0) is 25.0. The molecule has 1 aliphatic heterocycles. The van der Waals surface area contributed by atoms with Crippen LogP contribution >= 0.6 is 11.6 Å². The number of hydrogen-bond donors (Lipinski definition) is 1. The number of aliphatic hydroxyl groups excluding tert-OH is 1. The summed E-state index contributed by atoms with van der Waals surface area (Å²) in [5.74, 6) is -0.686. The minimum atomic E-state index is -0.690. The SMILES string of the molecule is CCOc1ccc(/C(O)=C2\C(=O)C(=O)N(CCCN(C)C)C2c2ccc(C(C)C)cc2)cc1Cl. The second-order valence-electron chi connectivity index (χ2n) is 9.05. The number of carbonyl (C=O) groups is 2. The van der Waals surface area contributed by atoms with Crippen molar-refractivity contribution in [2.45, 2.75) is 39.2 Å². The third-order valence-corrected chi connectivity index (χ3v) is 6.26. The fourth-order valence-corrected chi connectivity index (χ4v) is 4.39. The molecule has 1 unspecified atom stereocenters. The van der Waals surface area contributed by atoms with Gasteiger partial charge in [0.15, 0.2) is 0 Å². The van der Waals surface area contributed by atoms with E-state index in [1.165, 1.54) is 0 Å². The molecular weight excluding hydrogens is 452 g/mol. The first-order valence-electron chi connectivity index (χ1n) is 11.6. The van der Waals surface area contributed by atoms with Crippen molar-refractivity contribution < 1.29 is 19.4 Å². The van der Waals surface area contributed by atoms with Crippen molar-refractivity contribution in [3.05, 3.63) is 69.8 Å². The van der Waals surface area contributed by atoms with E-state index < -0.39 is 17.7 Å². The van der Waals surface area contributed by atoms with E-state index in [0.29, 0.717) is 41.8 Å². The number of ketones is 1. The first-order valence-corrected chi connectivity index (χ1v) is 12.0. The van der Waals surface area contributed by atoms with E-state index in [2.05, 4.69) is 13.8 Å². The lowest BCUT2D eigenvalue weighted by Gasteiger charge is -2.26. The highest BCUT2D eigenvalue weighted by Crippen LogP contribution is 2.40. The molecule has 0 radical (unpaired) electrons. The molecule has 7 heteroatoms. The molecule has 0 aromatic heterocycles. The van der Waals surface area contributed by atoms with Crippen molar-refractivity contribution in [1.29, 1.82) is 0 Å². The van der Waals surface area contributed by atoms with Gasteiger partial charge in [-0.15, -0.1) is 0 Å². The molecule has 34 heavy (non-hydrogen) atoms. The van der Waals surface area contributed by atoms with Gasteiger partial charge >= 0.3 is 0 Å². The molecule has 3 rings (SSSR count). The lowest BCUT2D eigenvalue weighted by atomic mass is 9.93. The molecule has 2 aromatic rings. The molecule has 1 atom stereocenters. The number of rotatable bonds is 9. The van der Waals surface area contributed by atoms with Crippen molar-refractivity contribution in [2.24, 2.45) is 0 Å². The molecular formula is C27H33ClN2O4. The van der Waals surface area contributed by atoms with Crippen LogP contribution in [0.1, 0.15) is 55.8 Å². The second-order valence-corrected chi connectivity index (χ2v) is 9.46. The zero-order valence-electron chi connectivity index (χ0n) is 20.5. The van der Waals surface area contributed by atoms with Crippen molar-refractivity contribution in [2.75, 3.05) is 33.8 Å². The number of ether oxygens (including phenoxy) is 1. The topological polar surface area (TPSA) is 70.1 Å². The van der Waals surface area contributed by atoms with Gasteiger partial charge in [-0.2, -0.15) is 0 Å². The van der Waals surface area contributed by atoms with Crippen LogP contribution in [0.5, 0.6) is 5.75 Å². The van der Waals surface area contributed by atoms with E-state index in [-0.39, 0.29) is 11.3 Å². The summed E-state index contributed by atoms with van der Waals surface area (Å²) >= 11 is 6.33. The van der Waals surface area contributed by atoms with E-state index in [1.54, 1.807) is 23.1 Å².